The first kappa shape index (κ1) is 31.3. The van der Waals surface area contributed by atoms with E-state index in [2.05, 4.69) is 69.9 Å². The van der Waals surface area contributed by atoms with E-state index in [4.69, 9.17) is 18.9 Å². The van der Waals surface area contributed by atoms with E-state index in [0.29, 0.717) is 23.0 Å². The molecule has 1 aliphatic heterocycles. The second-order valence-corrected chi connectivity index (χ2v) is 14.2. The van der Waals surface area contributed by atoms with Gasteiger partial charge in [0.05, 0.1) is 0 Å². The van der Waals surface area contributed by atoms with Gasteiger partial charge in [-0.1, -0.05) is 138 Å². The molecule has 0 atom stereocenters. The van der Waals surface area contributed by atoms with Crippen LogP contribution in [0.2, 0.25) is 0 Å². The van der Waals surface area contributed by atoms with Crippen LogP contribution in [-0.4, -0.2) is 19.7 Å². The smallest absolute Gasteiger partial charge is 0.160 e. The van der Waals surface area contributed by atoms with E-state index in [0.717, 1.165) is 39.3 Å². The molecule has 0 N–H and O–H groups in total. The average molecular weight is 863 g/mol. The first-order valence-electron chi connectivity index (χ1n) is 18.5. The fourth-order valence-corrected chi connectivity index (χ4v) is 6.27. The minimum absolute atomic E-state index is 0. The van der Waals surface area contributed by atoms with Crippen LogP contribution in [0, 0.1) is 18.8 Å². The molecule has 5 aromatic carbocycles. The maximum absolute atomic E-state index is 8.84. The van der Waals surface area contributed by atoms with Crippen molar-refractivity contribution in [2.75, 3.05) is 4.90 Å². The van der Waals surface area contributed by atoms with Crippen molar-refractivity contribution in [3.63, 3.8) is 0 Å². The largest absolute Gasteiger partial charge is 0.503 e. The Labute approximate surface area is 324 Å². The molecule has 0 bridgehead atoms. The minimum Gasteiger partial charge on any atom is -0.503 e. The van der Waals surface area contributed by atoms with Gasteiger partial charge in [-0.15, -0.1) is 47.5 Å². The van der Waals surface area contributed by atoms with Crippen LogP contribution >= 0.6 is 0 Å². The van der Waals surface area contributed by atoms with Crippen molar-refractivity contribution in [3.05, 3.63) is 169 Å². The number of hydrogen-bond acceptors (Lipinski definition) is 5. The Balaban J connectivity index is 0.00000465. The zero-order valence-corrected chi connectivity index (χ0v) is 31.8. The van der Waals surface area contributed by atoms with Gasteiger partial charge >= 0.3 is 0 Å². The van der Waals surface area contributed by atoms with Crippen LogP contribution in [0.25, 0.3) is 34.0 Å². The minimum atomic E-state index is -0.349. The van der Waals surface area contributed by atoms with E-state index < -0.39 is 0 Å². The molecule has 3 heterocycles. The number of hydrogen-bond donors (Lipinski definition) is 0. The summed E-state index contributed by atoms with van der Waals surface area (Å²) in [5.41, 5.74) is 6.67. The van der Waals surface area contributed by atoms with Gasteiger partial charge in [0.1, 0.15) is 0 Å². The van der Waals surface area contributed by atoms with E-state index in [-0.39, 0.29) is 61.3 Å². The number of ether oxygens (including phenoxy) is 1. The van der Waals surface area contributed by atoms with Crippen molar-refractivity contribution in [2.24, 2.45) is 0 Å². The summed E-state index contributed by atoms with van der Waals surface area (Å²) < 4.78 is 34.7. The topological polar surface area (TPSA) is 56.1 Å². The molecule has 0 unspecified atom stereocenters. The zero-order valence-electron chi connectivity index (χ0n) is 32.5. The summed E-state index contributed by atoms with van der Waals surface area (Å²) in [6.45, 7) is 12.5. The van der Waals surface area contributed by atoms with Crippen molar-refractivity contribution in [1.82, 2.24) is 19.7 Å². The Morgan fingerprint density at radius 3 is 2.25 bits per heavy atom. The van der Waals surface area contributed by atoms with Gasteiger partial charge in [-0.25, -0.2) is 0 Å². The van der Waals surface area contributed by atoms with Crippen LogP contribution in [0.4, 0.5) is 11.4 Å². The molecule has 0 spiro atoms. The van der Waals surface area contributed by atoms with Crippen LogP contribution in [0.15, 0.2) is 134 Å². The van der Waals surface area contributed by atoms with E-state index in [1.807, 2.05) is 103 Å². The number of aromatic nitrogens is 4. The molecular formula is C45H38N5OPt-3. The number of fused-ring (bicyclic) bond motifs is 3. The summed E-state index contributed by atoms with van der Waals surface area (Å²) >= 11 is 0. The summed E-state index contributed by atoms with van der Waals surface area (Å²) in [6.07, 6.45) is 1.71. The Morgan fingerprint density at radius 1 is 0.750 bits per heavy atom. The van der Waals surface area contributed by atoms with Crippen molar-refractivity contribution >= 4 is 11.4 Å². The quantitative estimate of drug-likeness (QED) is 0.149. The summed E-state index contributed by atoms with van der Waals surface area (Å²) in [5, 5.41) is 4.85. The first-order chi connectivity index (χ1) is 25.9. The number of anilines is 2. The summed E-state index contributed by atoms with van der Waals surface area (Å²) in [6, 6.07) is 42.0. The number of para-hydroxylation sites is 1. The second kappa shape index (κ2) is 13.9. The van der Waals surface area contributed by atoms with E-state index in [1.165, 1.54) is 0 Å². The molecule has 7 aromatic rings. The molecule has 0 radical (unpaired) electrons. The van der Waals surface area contributed by atoms with Gasteiger partial charge < -0.3 is 24.3 Å². The molecule has 0 saturated carbocycles. The van der Waals surface area contributed by atoms with Crippen molar-refractivity contribution in [3.8, 4) is 45.5 Å². The molecule has 0 amide bonds. The Morgan fingerprint density at radius 2 is 1.48 bits per heavy atom. The molecule has 0 aliphatic carbocycles. The summed E-state index contributed by atoms with van der Waals surface area (Å²) in [4.78, 5) is 11.5. The van der Waals surface area contributed by atoms with Crippen LogP contribution in [0.1, 0.15) is 55.4 Å². The number of nitrogens with zero attached hydrogens (tertiary/aromatic N) is 5. The van der Waals surface area contributed by atoms with Gasteiger partial charge in [-0.2, -0.15) is 5.10 Å². The third kappa shape index (κ3) is 6.79. The molecule has 0 saturated heterocycles. The summed E-state index contributed by atoms with van der Waals surface area (Å²) in [5.74, 6) is 1.71. The predicted octanol–water partition coefficient (Wildman–Crippen LogP) is 10.8. The van der Waals surface area contributed by atoms with Gasteiger partial charge in [-0.05, 0) is 41.3 Å². The maximum atomic E-state index is 8.84. The van der Waals surface area contributed by atoms with Crippen molar-refractivity contribution in [2.45, 2.75) is 45.4 Å². The molecule has 6 nitrogen and oxygen atoms in total. The molecule has 7 heteroatoms. The van der Waals surface area contributed by atoms with Crippen LogP contribution in [0.5, 0.6) is 11.5 Å². The van der Waals surface area contributed by atoms with Gasteiger partial charge in [0.15, 0.2) is 5.82 Å². The summed E-state index contributed by atoms with van der Waals surface area (Å²) in [7, 11) is 0. The van der Waals surface area contributed by atoms with Crippen LogP contribution < -0.4 is 9.64 Å². The fourth-order valence-electron chi connectivity index (χ4n) is 6.27. The van der Waals surface area contributed by atoms with Gasteiger partial charge in [-0.3, -0.25) is 0 Å². The third-order valence-electron chi connectivity index (χ3n) is 9.30. The molecule has 52 heavy (non-hydrogen) atoms. The Kier molecular flexibility index (Phi) is 8.39. The molecular weight excluding hydrogens is 822 g/mol. The number of benzene rings is 5. The predicted molar refractivity (Wildman–Crippen MR) is 204 cm³/mol. The number of rotatable bonds is 7. The van der Waals surface area contributed by atoms with Crippen molar-refractivity contribution in [1.29, 1.82) is 0 Å². The third-order valence-corrected chi connectivity index (χ3v) is 9.30. The average Bonchev–Trinajstić information content (AvgIpc) is 3.63. The molecule has 1 aliphatic rings. The normalized spacial score (nSPS) is 13.1. The van der Waals surface area contributed by atoms with E-state index in [9.17, 15) is 0 Å². The van der Waals surface area contributed by atoms with E-state index >= 15 is 0 Å². The molecule has 2 aromatic heterocycles. The Bertz CT molecular complexity index is 2520. The Hall–Kier alpha value is -5.45. The maximum Gasteiger partial charge on any atom is 0.160 e. The molecule has 8 rings (SSSR count). The SMILES string of the molecule is [2H]c1c(Oc2[c-]c(N3[CH-]n4nc(-c5ccccc5)nc4-c4ccccc43)cc(C(C)(C)C)c2)[c-]c(-c2cc(C(C)(C)c3ccccc3)ccn2)c([2H])c1[2H].[Pt]. The monoisotopic (exact) mass is 862 g/mol. The van der Waals surface area contributed by atoms with Crippen LogP contribution in [0.3, 0.4) is 0 Å². The fraction of sp³-hybridized carbons (Fsp3) is 0.156. The molecule has 262 valence electrons. The standard InChI is InChI=1S/C45H38N5O.Pt/c1-44(2,3)35-26-36(49-30-50-43(39-21-12-13-22-41(39)49)47-42(48-50)31-15-8-6-9-16-31)29-38(27-35)51-37-20-14-17-32(25-37)40-28-34(23-24-46-40)45(4,5)33-18-10-7-11-19-33;/h6-24,26-28,30H,1-5H3;/q-3;/i14D,17D,20D;. The first-order valence-corrected chi connectivity index (χ1v) is 17.0. The second-order valence-electron chi connectivity index (χ2n) is 14.2. The van der Waals surface area contributed by atoms with Crippen LogP contribution in [-0.2, 0) is 31.9 Å². The van der Waals surface area contributed by atoms with Gasteiger partial charge in [0.25, 0.3) is 0 Å². The van der Waals surface area contributed by atoms with E-state index in [1.54, 1.807) is 10.9 Å². The van der Waals surface area contributed by atoms with Crippen molar-refractivity contribution < 1.29 is 29.9 Å². The zero-order chi connectivity index (χ0) is 37.8. The molecule has 0 fully saturated rings. The van der Waals surface area contributed by atoms with Gasteiger partial charge in [0.2, 0.25) is 0 Å². The number of pyridine rings is 1. The van der Waals surface area contributed by atoms with Gasteiger partial charge in [0, 0.05) is 64.0 Å².